The highest BCUT2D eigenvalue weighted by Gasteiger charge is 2.26. The van der Waals surface area contributed by atoms with Crippen molar-refractivity contribution in [1.82, 2.24) is 4.90 Å². The van der Waals surface area contributed by atoms with Crippen LogP contribution in [0.1, 0.15) is 19.8 Å². The lowest BCUT2D eigenvalue weighted by Crippen LogP contribution is -2.31. The molecule has 0 saturated carbocycles. The monoisotopic (exact) mass is 261 g/mol. The Morgan fingerprint density at radius 3 is 2.31 bits per heavy atom. The van der Waals surface area contributed by atoms with Gasteiger partial charge in [0.2, 0.25) is 0 Å². The molecule has 0 saturated heterocycles. The van der Waals surface area contributed by atoms with Gasteiger partial charge in [-0.2, -0.15) is 13.2 Å². The fourth-order valence-corrected chi connectivity index (χ4v) is 1.36. The van der Waals surface area contributed by atoms with Crippen molar-refractivity contribution in [3.63, 3.8) is 0 Å². The molecule has 0 N–H and O–H groups in total. The first-order chi connectivity index (χ1) is 5.87. The van der Waals surface area contributed by atoms with Gasteiger partial charge in [-0.15, -0.1) is 0 Å². The van der Waals surface area contributed by atoms with Crippen molar-refractivity contribution in [3.8, 4) is 0 Å². The third-order valence-electron chi connectivity index (χ3n) is 1.95. The van der Waals surface area contributed by atoms with Crippen LogP contribution < -0.4 is 0 Å². The van der Waals surface area contributed by atoms with Gasteiger partial charge in [-0.1, -0.05) is 15.9 Å². The van der Waals surface area contributed by atoms with E-state index in [4.69, 9.17) is 0 Å². The van der Waals surface area contributed by atoms with Gasteiger partial charge in [0.1, 0.15) is 0 Å². The summed E-state index contributed by atoms with van der Waals surface area (Å²) in [6.45, 7) is 2.47. The normalized spacial score (nSPS) is 15.0. The molecular formula is C8H15BrF3N. The molecule has 0 radical (unpaired) electrons. The van der Waals surface area contributed by atoms with Crippen molar-refractivity contribution in [2.24, 2.45) is 0 Å². The molecule has 0 aliphatic heterocycles. The van der Waals surface area contributed by atoms with Crippen LogP contribution in [0.4, 0.5) is 13.2 Å². The molecule has 1 atom stereocenters. The largest absolute Gasteiger partial charge is 0.389 e. The Bertz CT molecular complexity index is 138. The number of hydrogen-bond acceptors (Lipinski definition) is 1. The van der Waals surface area contributed by atoms with Gasteiger partial charge < -0.3 is 4.90 Å². The Kier molecular flexibility index (Phi) is 5.96. The molecule has 80 valence electrons. The van der Waals surface area contributed by atoms with E-state index in [-0.39, 0.29) is 12.5 Å². The Morgan fingerprint density at radius 2 is 1.92 bits per heavy atom. The third-order valence-corrected chi connectivity index (χ3v) is 2.88. The molecule has 1 nitrogen and oxygen atoms in total. The second-order valence-corrected chi connectivity index (χ2v) is 3.85. The van der Waals surface area contributed by atoms with Crippen LogP contribution in [0, 0.1) is 0 Å². The van der Waals surface area contributed by atoms with E-state index in [9.17, 15) is 13.2 Å². The Hall–Kier alpha value is 0.230. The summed E-state index contributed by atoms with van der Waals surface area (Å²) in [5.74, 6) is 0. The molecule has 1 unspecified atom stereocenters. The lowest BCUT2D eigenvalue weighted by atomic mass is 10.2. The van der Waals surface area contributed by atoms with Crippen molar-refractivity contribution >= 4 is 15.9 Å². The summed E-state index contributed by atoms with van der Waals surface area (Å²) in [5.41, 5.74) is 0. The van der Waals surface area contributed by atoms with E-state index in [0.717, 1.165) is 5.33 Å². The molecule has 0 rings (SSSR count). The fraction of sp³-hybridized carbons (Fsp3) is 1.00. The summed E-state index contributed by atoms with van der Waals surface area (Å²) in [7, 11) is 1.84. The Morgan fingerprint density at radius 1 is 1.38 bits per heavy atom. The van der Waals surface area contributed by atoms with E-state index in [0.29, 0.717) is 6.54 Å². The van der Waals surface area contributed by atoms with E-state index in [1.54, 1.807) is 0 Å². The van der Waals surface area contributed by atoms with Crippen LogP contribution in [-0.2, 0) is 0 Å². The second-order valence-electron chi connectivity index (χ2n) is 3.20. The number of rotatable bonds is 5. The SMILES string of the molecule is CC(CBr)N(C)CCCC(F)(F)F. The van der Waals surface area contributed by atoms with Crippen LogP contribution in [0.2, 0.25) is 0 Å². The Balaban J connectivity index is 3.53. The first-order valence-electron chi connectivity index (χ1n) is 4.20. The van der Waals surface area contributed by atoms with Crippen LogP contribution in [0.3, 0.4) is 0 Å². The molecule has 0 aromatic rings. The van der Waals surface area contributed by atoms with Gasteiger partial charge in [-0.3, -0.25) is 0 Å². The quantitative estimate of drug-likeness (QED) is 0.688. The van der Waals surface area contributed by atoms with E-state index >= 15 is 0 Å². The van der Waals surface area contributed by atoms with Crippen LogP contribution in [-0.4, -0.2) is 36.0 Å². The zero-order valence-corrected chi connectivity index (χ0v) is 9.45. The predicted molar refractivity (Wildman–Crippen MR) is 51.2 cm³/mol. The van der Waals surface area contributed by atoms with Crippen molar-refractivity contribution < 1.29 is 13.2 Å². The predicted octanol–water partition coefficient (Wildman–Crippen LogP) is 3.04. The smallest absolute Gasteiger partial charge is 0.303 e. The molecule has 0 amide bonds. The zero-order chi connectivity index (χ0) is 10.5. The van der Waals surface area contributed by atoms with Crippen LogP contribution in [0.25, 0.3) is 0 Å². The third kappa shape index (κ3) is 7.31. The van der Waals surface area contributed by atoms with Gasteiger partial charge in [0.25, 0.3) is 0 Å². The van der Waals surface area contributed by atoms with Gasteiger partial charge in [-0.05, 0) is 26.9 Å². The summed E-state index contributed by atoms with van der Waals surface area (Å²) in [4.78, 5) is 1.92. The number of halogens is 4. The molecule has 0 heterocycles. The molecule has 0 aliphatic rings. The van der Waals surface area contributed by atoms with Crippen LogP contribution in [0.15, 0.2) is 0 Å². The summed E-state index contributed by atoms with van der Waals surface area (Å²) >= 11 is 3.28. The second kappa shape index (κ2) is 5.86. The lowest BCUT2D eigenvalue weighted by Gasteiger charge is -2.22. The maximum absolute atomic E-state index is 11.8. The first-order valence-corrected chi connectivity index (χ1v) is 5.32. The lowest BCUT2D eigenvalue weighted by molar-refractivity contribution is -0.136. The van der Waals surface area contributed by atoms with E-state index in [1.165, 1.54) is 0 Å². The highest BCUT2D eigenvalue weighted by atomic mass is 79.9. The average molecular weight is 262 g/mol. The maximum Gasteiger partial charge on any atom is 0.389 e. The minimum atomic E-state index is -4.02. The van der Waals surface area contributed by atoms with E-state index < -0.39 is 12.6 Å². The summed E-state index contributed by atoms with van der Waals surface area (Å²) in [6, 6.07) is 0.285. The number of alkyl halides is 4. The highest BCUT2D eigenvalue weighted by molar-refractivity contribution is 9.09. The van der Waals surface area contributed by atoms with Crippen molar-refractivity contribution in [1.29, 1.82) is 0 Å². The van der Waals surface area contributed by atoms with Crippen molar-refractivity contribution in [2.75, 3.05) is 18.9 Å². The average Bonchev–Trinajstić information content (AvgIpc) is 2.00. The molecule has 0 aliphatic carbocycles. The maximum atomic E-state index is 11.8. The molecule has 0 spiro atoms. The van der Waals surface area contributed by atoms with Gasteiger partial charge in [0.05, 0.1) is 0 Å². The van der Waals surface area contributed by atoms with Crippen molar-refractivity contribution in [2.45, 2.75) is 32.0 Å². The van der Waals surface area contributed by atoms with Gasteiger partial charge in [0, 0.05) is 17.8 Å². The molecular weight excluding hydrogens is 247 g/mol. The zero-order valence-electron chi connectivity index (χ0n) is 7.86. The highest BCUT2D eigenvalue weighted by Crippen LogP contribution is 2.21. The molecule has 13 heavy (non-hydrogen) atoms. The molecule has 0 bridgehead atoms. The molecule has 5 heteroatoms. The van der Waals surface area contributed by atoms with Gasteiger partial charge in [-0.25, -0.2) is 0 Å². The van der Waals surface area contributed by atoms with Gasteiger partial charge >= 0.3 is 6.18 Å². The molecule has 0 fully saturated rings. The van der Waals surface area contributed by atoms with Gasteiger partial charge in [0.15, 0.2) is 0 Å². The van der Waals surface area contributed by atoms with E-state index in [2.05, 4.69) is 15.9 Å². The minimum Gasteiger partial charge on any atom is -0.303 e. The standard InChI is InChI=1S/C8H15BrF3N/c1-7(6-9)13(2)5-3-4-8(10,11)12/h7H,3-6H2,1-2H3. The van der Waals surface area contributed by atoms with Crippen LogP contribution in [0.5, 0.6) is 0 Å². The Labute approximate surface area is 85.4 Å². The fourth-order valence-electron chi connectivity index (χ4n) is 0.867. The van der Waals surface area contributed by atoms with Crippen LogP contribution >= 0.6 is 15.9 Å². The number of hydrogen-bond donors (Lipinski definition) is 0. The molecule has 0 aromatic carbocycles. The summed E-state index contributed by atoms with van der Waals surface area (Å²) < 4.78 is 35.3. The topological polar surface area (TPSA) is 3.24 Å². The van der Waals surface area contributed by atoms with Crippen molar-refractivity contribution in [3.05, 3.63) is 0 Å². The summed E-state index contributed by atoms with van der Waals surface area (Å²) in [5, 5.41) is 0.787. The minimum absolute atomic E-state index is 0.178. The molecule has 0 aromatic heterocycles. The first kappa shape index (κ1) is 13.2. The van der Waals surface area contributed by atoms with E-state index in [1.807, 2.05) is 18.9 Å². The summed E-state index contributed by atoms with van der Waals surface area (Å²) in [6.07, 6.45) is -4.53. The number of nitrogens with zero attached hydrogens (tertiary/aromatic N) is 1.